The Balaban J connectivity index is 1.71. The number of hydrogen-bond donors (Lipinski definition) is 1. The van der Waals surface area contributed by atoms with Gasteiger partial charge in [0.2, 0.25) is 5.91 Å². The summed E-state index contributed by atoms with van der Waals surface area (Å²) in [7, 11) is 0. The first-order valence-electron chi connectivity index (χ1n) is 8.03. The lowest BCUT2D eigenvalue weighted by Gasteiger charge is -2.25. The molecule has 7 nitrogen and oxygen atoms in total. The van der Waals surface area contributed by atoms with E-state index in [-0.39, 0.29) is 11.9 Å². The molecule has 1 atom stereocenters. The van der Waals surface area contributed by atoms with E-state index in [0.29, 0.717) is 11.4 Å². The van der Waals surface area contributed by atoms with E-state index in [1.807, 2.05) is 6.92 Å². The lowest BCUT2D eigenvalue weighted by Crippen LogP contribution is -2.36. The molecule has 3 rings (SSSR count). The van der Waals surface area contributed by atoms with Crippen molar-refractivity contribution < 1.29 is 9.53 Å². The van der Waals surface area contributed by atoms with Crippen LogP contribution in [0.15, 0.2) is 11.4 Å². The van der Waals surface area contributed by atoms with Crippen LogP contribution in [0, 0.1) is 0 Å². The highest BCUT2D eigenvalue weighted by atomic mass is 32.2. The summed E-state index contributed by atoms with van der Waals surface area (Å²) in [4.78, 5) is 27.4. The molecule has 0 bridgehead atoms. The van der Waals surface area contributed by atoms with Crippen molar-refractivity contribution >= 4 is 44.5 Å². The van der Waals surface area contributed by atoms with Crippen LogP contribution in [-0.4, -0.2) is 59.0 Å². The number of ether oxygens (including phenoxy) is 1. The average Bonchev–Trinajstić information content (AvgIpc) is 3.05. The quantitative estimate of drug-likeness (QED) is 0.617. The van der Waals surface area contributed by atoms with Crippen LogP contribution in [0.1, 0.15) is 20.3 Å². The fourth-order valence-electron chi connectivity index (χ4n) is 2.27. The van der Waals surface area contributed by atoms with Gasteiger partial charge in [-0.1, -0.05) is 30.0 Å². The summed E-state index contributed by atoms with van der Waals surface area (Å²) in [6.07, 6.45) is 2.44. The van der Waals surface area contributed by atoms with Crippen molar-refractivity contribution in [3.63, 3.8) is 0 Å². The van der Waals surface area contributed by atoms with E-state index in [0.717, 1.165) is 47.6 Å². The zero-order valence-corrected chi connectivity index (χ0v) is 15.5. The molecule has 0 saturated carbocycles. The van der Waals surface area contributed by atoms with E-state index in [4.69, 9.17) is 4.74 Å². The maximum absolute atomic E-state index is 12.0. The Bertz CT molecular complexity index is 702. The lowest BCUT2D eigenvalue weighted by molar-refractivity contribution is -0.119. The normalized spacial score (nSPS) is 16.3. The van der Waals surface area contributed by atoms with Gasteiger partial charge in [-0.3, -0.25) is 4.79 Å². The van der Waals surface area contributed by atoms with Gasteiger partial charge in [0.1, 0.15) is 16.1 Å². The third kappa shape index (κ3) is 4.14. The zero-order valence-electron chi connectivity index (χ0n) is 13.8. The Labute approximate surface area is 149 Å². The van der Waals surface area contributed by atoms with Crippen LogP contribution in [0.2, 0.25) is 0 Å². The number of amides is 1. The molecule has 0 spiro atoms. The minimum atomic E-state index is 0.0269. The zero-order chi connectivity index (χ0) is 16.9. The second-order valence-corrected chi connectivity index (χ2v) is 7.53. The SMILES string of the molecule is CC[C@@H](C)NC(=O)CSc1ncnc2nc(N3CCOCC3)sc12. The minimum Gasteiger partial charge on any atom is -0.378 e. The summed E-state index contributed by atoms with van der Waals surface area (Å²) in [5, 5.41) is 4.73. The highest BCUT2D eigenvalue weighted by Gasteiger charge is 2.18. The molecule has 1 N–H and O–H groups in total. The molecule has 2 aromatic rings. The van der Waals surface area contributed by atoms with Crippen molar-refractivity contribution in [3.05, 3.63) is 6.33 Å². The smallest absolute Gasteiger partial charge is 0.230 e. The number of thioether (sulfide) groups is 1. The molecular formula is C15H21N5O2S2. The Hall–Kier alpha value is -1.45. The Morgan fingerprint density at radius 1 is 1.46 bits per heavy atom. The standard InChI is InChI=1S/C15H21N5O2S2/c1-3-10(2)18-11(21)8-23-14-12-13(16-9-17-14)19-15(24-12)20-4-6-22-7-5-20/h9-10H,3-8H2,1-2H3,(H,18,21)/t10-/m1/s1. The molecule has 0 radical (unpaired) electrons. The first-order valence-corrected chi connectivity index (χ1v) is 9.84. The number of carbonyl (C=O) groups excluding carboxylic acids is 1. The number of carbonyl (C=O) groups is 1. The van der Waals surface area contributed by atoms with Crippen LogP contribution < -0.4 is 10.2 Å². The first-order chi connectivity index (χ1) is 11.7. The highest BCUT2D eigenvalue weighted by molar-refractivity contribution is 8.00. The maximum atomic E-state index is 12.0. The average molecular weight is 368 g/mol. The summed E-state index contributed by atoms with van der Waals surface area (Å²) >= 11 is 3.02. The highest BCUT2D eigenvalue weighted by Crippen LogP contribution is 2.33. The number of thiazole rings is 1. The van der Waals surface area contributed by atoms with Gasteiger partial charge in [0.25, 0.3) is 0 Å². The molecule has 0 aromatic carbocycles. The molecule has 3 heterocycles. The summed E-state index contributed by atoms with van der Waals surface area (Å²) in [5.41, 5.74) is 0.696. The van der Waals surface area contributed by atoms with E-state index in [1.165, 1.54) is 18.1 Å². The van der Waals surface area contributed by atoms with Crippen LogP contribution in [0.5, 0.6) is 0 Å². The minimum absolute atomic E-state index is 0.0269. The molecule has 1 aliphatic rings. The fraction of sp³-hybridized carbons (Fsp3) is 0.600. The monoisotopic (exact) mass is 367 g/mol. The fourth-order valence-corrected chi connectivity index (χ4v) is 4.22. The van der Waals surface area contributed by atoms with Crippen LogP contribution >= 0.6 is 23.1 Å². The van der Waals surface area contributed by atoms with E-state index in [9.17, 15) is 4.79 Å². The number of rotatable bonds is 6. The molecule has 1 saturated heterocycles. The number of anilines is 1. The molecule has 1 fully saturated rings. The summed E-state index contributed by atoms with van der Waals surface area (Å²) in [6.45, 7) is 7.18. The van der Waals surface area contributed by atoms with Crippen LogP contribution in [0.25, 0.3) is 10.3 Å². The number of hydrogen-bond acceptors (Lipinski definition) is 8. The second-order valence-electron chi connectivity index (χ2n) is 5.59. The molecule has 2 aromatic heterocycles. The van der Waals surface area contributed by atoms with Gasteiger partial charge >= 0.3 is 0 Å². The van der Waals surface area contributed by atoms with Crippen molar-refractivity contribution in [2.75, 3.05) is 37.0 Å². The summed E-state index contributed by atoms with van der Waals surface area (Å²) in [5.74, 6) is 0.375. The topological polar surface area (TPSA) is 80.2 Å². The van der Waals surface area contributed by atoms with Gasteiger partial charge in [0.15, 0.2) is 10.8 Å². The third-order valence-corrected chi connectivity index (χ3v) is 6.02. The van der Waals surface area contributed by atoms with Gasteiger partial charge in [0.05, 0.1) is 19.0 Å². The van der Waals surface area contributed by atoms with Crippen molar-refractivity contribution in [3.8, 4) is 0 Å². The van der Waals surface area contributed by atoms with Crippen LogP contribution in [0.3, 0.4) is 0 Å². The molecule has 24 heavy (non-hydrogen) atoms. The Morgan fingerprint density at radius 2 is 2.25 bits per heavy atom. The largest absolute Gasteiger partial charge is 0.378 e. The number of morpholine rings is 1. The van der Waals surface area contributed by atoms with Gasteiger partial charge < -0.3 is 15.0 Å². The molecule has 1 aliphatic heterocycles. The van der Waals surface area contributed by atoms with Gasteiger partial charge in [-0.25, -0.2) is 9.97 Å². The van der Waals surface area contributed by atoms with E-state index in [2.05, 4.69) is 32.1 Å². The van der Waals surface area contributed by atoms with Gasteiger partial charge in [-0.2, -0.15) is 4.98 Å². The lowest BCUT2D eigenvalue weighted by atomic mass is 10.3. The van der Waals surface area contributed by atoms with Crippen molar-refractivity contribution in [1.82, 2.24) is 20.3 Å². The number of nitrogens with one attached hydrogen (secondary N) is 1. The van der Waals surface area contributed by atoms with Crippen molar-refractivity contribution in [2.45, 2.75) is 31.3 Å². The Kier molecular flexibility index (Phi) is 5.85. The molecule has 0 aliphatic carbocycles. The maximum Gasteiger partial charge on any atom is 0.230 e. The molecular weight excluding hydrogens is 346 g/mol. The predicted molar refractivity (Wildman–Crippen MR) is 96.9 cm³/mol. The number of aromatic nitrogens is 3. The van der Waals surface area contributed by atoms with E-state index < -0.39 is 0 Å². The Morgan fingerprint density at radius 3 is 3.00 bits per heavy atom. The second kappa shape index (κ2) is 8.09. The van der Waals surface area contributed by atoms with Gasteiger partial charge in [0, 0.05) is 19.1 Å². The molecule has 9 heteroatoms. The molecule has 0 unspecified atom stereocenters. The van der Waals surface area contributed by atoms with Gasteiger partial charge in [-0.15, -0.1) is 0 Å². The summed E-state index contributed by atoms with van der Waals surface area (Å²) in [6, 6.07) is 0.194. The number of nitrogens with zero attached hydrogens (tertiary/aromatic N) is 4. The van der Waals surface area contributed by atoms with E-state index >= 15 is 0 Å². The summed E-state index contributed by atoms with van der Waals surface area (Å²) < 4.78 is 6.33. The predicted octanol–water partition coefficient (Wildman–Crippen LogP) is 1.93. The van der Waals surface area contributed by atoms with Crippen molar-refractivity contribution in [2.24, 2.45) is 0 Å². The van der Waals surface area contributed by atoms with Gasteiger partial charge in [-0.05, 0) is 13.3 Å². The van der Waals surface area contributed by atoms with Crippen molar-refractivity contribution in [1.29, 1.82) is 0 Å². The van der Waals surface area contributed by atoms with Crippen LogP contribution in [0.4, 0.5) is 5.13 Å². The molecule has 1 amide bonds. The van der Waals surface area contributed by atoms with Crippen LogP contribution in [-0.2, 0) is 9.53 Å². The van der Waals surface area contributed by atoms with E-state index in [1.54, 1.807) is 11.3 Å². The third-order valence-electron chi connectivity index (χ3n) is 3.79. The number of fused-ring (bicyclic) bond motifs is 1. The first kappa shape index (κ1) is 17.4. The molecule has 130 valence electrons.